The van der Waals surface area contributed by atoms with Gasteiger partial charge >= 0.3 is 0 Å². The average Bonchev–Trinajstić information content (AvgIpc) is 3.18. The molecule has 5 heteroatoms. The van der Waals surface area contributed by atoms with Crippen LogP contribution in [0.2, 0.25) is 19.1 Å². The van der Waals surface area contributed by atoms with Gasteiger partial charge in [-0.25, -0.2) is 0 Å². The van der Waals surface area contributed by atoms with Gasteiger partial charge in [-0.05, 0) is 30.4 Å². The molecule has 1 unspecified atom stereocenters. The number of aromatic amines is 1. The Morgan fingerprint density at radius 2 is 1.94 bits per heavy atom. The molecule has 4 nitrogen and oxygen atoms in total. The number of hydrogen-bond acceptors (Lipinski definition) is 2. The van der Waals surface area contributed by atoms with Crippen molar-refractivity contribution in [3.8, 4) is 0 Å². The summed E-state index contributed by atoms with van der Waals surface area (Å²) in [7, 11) is -1.42. The van der Waals surface area contributed by atoms with Crippen molar-refractivity contribution in [2.24, 2.45) is 0 Å². The number of carbonyl (C=O) groups is 1. The lowest BCUT2D eigenvalue weighted by molar-refractivity contribution is -0.132. The number of aryl methyl sites for hydroxylation is 1. The minimum absolute atomic E-state index is 0.126. The van der Waals surface area contributed by atoms with Gasteiger partial charge in [0, 0.05) is 17.1 Å². The van der Waals surface area contributed by atoms with Crippen molar-refractivity contribution in [2.45, 2.75) is 103 Å². The molecule has 0 saturated heterocycles. The molecular weight excluding hydrogens is 412 g/mol. The Kier molecular flexibility index (Phi) is 8.62. The SMILES string of the molecule is CCCCCCC[Si](C)(C)CNC(=O)CC1(CC)OCCc2c1[nH]c1c(CC)cccc21. The highest BCUT2D eigenvalue weighted by molar-refractivity contribution is 6.77. The van der Waals surface area contributed by atoms with Crippen molar-refractivity contribution >= 4 is 24.9 Å². The molecule has 3 rings (SSSR count). The first-order chi connectivity index (χ1) is 15.4. The van der Waals surface area contributed by atoms with Gasteiger partial charge < -0.3 is 15.0 Å². The van der Waals surface area contributed by atoms with E-state index in [0.717, 1.165) is 31.1 Å². The van der Waals surface area contributed by atoms with Crippen molar-refractivity contribution in [3.05, 3.63) is 35.0 Å². The number of nitrogens with one attached hydrogen (secondary N) is 2. The fraction of sp³-hybridized carbons (Fsp3) is 0.667. The van der Waals surface area contributed by atoms with E-state index < -0.39 is 13.7 Å². The maximum Gasteiger partial charge on any atom is 0.223 e. The number of H-pyrrole nitrogens is 1. The highest BCUT2D eigenvalue weighted by atomic mass is 28.3. The summed E-state index contributed by atoms with van der Waals surface area (Å²) in [6, 6.07) is 7.85. The summed E-state index contributed by atoms with van der Waals surface area (Å²) in [5, 5.41) is 4.60. The zero-order valence-electron chi connectivity index (χ0n) is 21.0. The van der Waals surface area contributed by atoms with Crippen LogP contribution in [0.5, 0.6) is 0 Å². The normalized spacial score (nSPS) is 18.7. The maximum atomic E-state index is 13.1. The number of para-hydroxylation sites is 1. The molecule has 1 aromatic heterocycles. The summed E-state index contributed by atoms with van der Waals surface area (Å²) in [6.45, 7) is 12.1. The first-order valence-electron chi connectivity index (χ1n) is 12.9. The summed E-state index contributed by atoms with van der Waals surface area (Å²) in [4.78, 5) is 16.8. The minimum atomic E-state index is -1.42. The van der Waals surface area contributed by atoms with Gasteiger partial charge in [0.2, 0.25) is 5.91 Å². The fourth-order valence-corrected chi connectivity index (χ4v) is 7.26. The molecule has 1 atom stereocenters. The van der Waals surface area contributed by atoms with E-state index in [1.165, 1.54) is 60.2 Å². The van der Waals surface area contributed by atoms with E-state index in [4.69, 9.17) is 4.74 Å². The van der Waals surface area contributed by atoms with Gasteiger partial charge in [-0.2, -0.15) is 0 Å². The molecule has 0 spiro atoms. The second-order valence-electron chi connectivity index (χ2n) is 10.4. The second-order valence-corrected chi connectivity index (χ2v) is 15.6. The van der Waals surface area contributed by atoms with Crippen molar-refractivity contribution in [2.75, 3.05) is 12.8 Å². The molecule has 0 saturated carbocycles. The largest absolute Gasteiger partial charge is 0.368 e. The van der Waals surface area contributed by atoms with Gasteiger partial charge in [-0.15, -0.1) is 0 Å². The van der Waals surface area contributed by atoms with E-state index >= 15 is 0 Å². The van der Waals surface area contributed by atoms with Crippen LogP contribution in [0.15, 0.2) is 18.2 Å². The summed E-state index contributed by atoms with van der Waals surface area (Å²) in [5.41, 5.74) is 4.48. The number of hydrogen-bond donors (Lipinski definition) is 2. The predicted molar refractivity (Wildman–Crippen MR) is 138 cm³/mol. The van der Waals surface area contributed by atoms with Crippen molar-refractivity contribution < 1.29 is 9.53 Å². The molecule has 1 amide bonds. The first kappa shape index (κ1) is 25.0. The van der Waals surface area contributed by atoms with E-state index in [0.29, 0.717) is 13.0 Å². The van der Waals surface area contributed by atoms with Crippen LogP contribution in [-0.2, 0) is 28.0 Å². The van der Waals surface area contributed by atoms with Gasteiger partial charge in [0.1, 0.15) is 5.60 Å². The summed E-state index contributed by atoms with van der Waals surface area (Å²) < 4.78 is 6.37. The molecule has 178 valence electrons. The number of fused-ring (bicyclic) bond motifs is 3. The molecular formula is C27H44N2O2Si. The van der Waals surface area contributed by atoms with E-state index in [9.17, 15) is 4.79 Å². The number of aromatic nitrogens is 1. The molecule has 32 heavy (non-hydrogen) atoms. The van der Waals surface area contributed by atoms with E-state index in [1.54, 1.807) is 0 Å². The molecule has 2 heterocycles. The lowest BCUT2D eigenvalue weighted by Gasteiger charge is -2.36. The number of carbonyl (C=O) groups excluding carboxylic acids is 1. The van der Waals surface area contributed by atoms with Crippen molar-refractivity contribution in [1.29, 1.82) is 0 Å². The Labute approximate surface area is 195 Å². The smallest absolute Gasteiger partial charge is 0.223 e. The quantitative estimate of drug-likeness (QED) is 0.278. The van der Waals surface area contributed by atoms with Crippen LogP contribution in [0.25, 0.3) is 10.9 Å². The molecule has 1 aliphatic heterocycles. The Balaban J connectivity index is 1.68. The molecule has 1 aliphatic rings. The molecule has 0 aliphatic carbocycles. The zero-order chi connectivity index (χ0) is 23.2. The third-order valence-corrected chi connectivity index (χ3v) is 10.2. The summed E-state index contributed by atoms with van der Waals surface area (Å²) in [6.07, 6.45) is 10.5. The van der Waals surface area contributed by atoms with Gasteiger partial charge in [0.25, 0.3) is 0 Å². The van der Waals surface area contributed by atoms with Gasteiger partial charge in [-0.3, -0.25) is 4.79 Å². The van der Waals surface area contributed by atoms with Crippen LogP contribution in [-0.4, -0.2) is 31.7 Å². The Hall–Kier alpha value is -1.59. The summed E-state index contributed by atoms with van der Waals surface area (Å²) in [5.74, 6) is 0.126. The zero-order valence-corrected chi connectivity index (χ0v) is 22.0. The standard InChI is InChI=1S/C27H44N2O2Si/c1-6-9-10-11-12-18-32(4,5)20-28-24(30)19-27(8-3)26-23(16-17-31-27)22-15-13-14-21(7-2)25(22)29-26/h13-15,29H,6-12,16-20H2,1-5H3,(H,28,30). The molecule has 0 fully saturated rings. The Morgan fingerprint density at radius 3 is 2.66 bits per heavy atom. The van der Waals surface area contributed by atoms with Crippen molar-refractivity contribution in [1.82, 2.24) is 10.3 Å². The maximum absolute atomic E-state index is 13.1. The van der Waals surface area contributed by atoms with Crippen molar-refractivity contribution in [3.63, 3.8) is 0 Å². The van der Waals surface area contributed by atoms with Gasteiger partial charge in [0.15, 0.2) is 0 Å². The molecule has 1 aromatic carbocycles. The number of benzene rings is 1. The van der Waals surface area contributed by atoms with Crippen LogP contribution in [0.3, 0.4) is 0 Å². The third-order valence-electron chi connectivity index (χ3n) is 7.33. The second kappa shape index (κ2) is 11.0. The molecule has 2 N–H and O–H groups in total. The summed E-state index contributed by atoms with van der Waals surface area (Å²) >= 11 is 0. The number of amides is 1. The minimum Gasteiger partial charge on any atom is -0.368 e. The van der Waals surface area contributed by atoms with Crippen LogP contribution < -0.4 is 5.32 Å². The van der Waals surface area contributed by atoms with Gasteiger partial charge in [0.05, 0.1) is 26.8 Å². The Morgan fingerprint density at radius 1 is 1.16 bits per heavy atom. The van der Waals surface area contributed by atoms with E-state index in [1.807, 2.05) is 0 Å². The lowest BCUT2D eigenvalue weighted by atomic mass is 9.86. The fourth-order valence-electron chi connectivity index (χ4n) is 5.20. The predicted octanol–water partition coefficient (Wildman–Crippen LogP) is 6.63. The monoisotopic (exact) mass is 456 g/mol. The highest BCUT2D eigenvalue weighted by Crippen LogP contribution is 2.42. The van der Waals surface area contributed by atoms with Crippen LogP contribution in [0.1, 0.15) is 82.5 Å². The van der Waals surface area contributed by atoms with Crippen LogP contribution in [0.4, 0.5) is 0 Å². The van der Waals surface area contributed by atoms with E-state index in [2.05, 4.69) is 62.4 Å². The topological polar surface area (TPSA) is 54.1 Å². The third kappa shape index (κ3) is 5.66. The molecule has 0 radical (unpaired) electrons. The average molecular weight is 457 g/mol. The van der Waals surface area contributed by atoms with E-state index in [-0.39, 0.29) is 5.91 Å². The van der Waals surface area contributed by atoms with Crippen LogP contribution >= 0.6 is 0 Å². The number of unbranched alkanes of at least 4 members (excludes halogenated alkanes) is 4. The lowest BCUT2D eigenvalue weighted by Crippen LogP contribution is -2.45. The Bertz CT molecular complexity index is 904. The molecule has 2 aromatic rings. The first-order valence-corrected chi connectivity index (χ1v) is 16.3. The number of rotatable bonds is 12. The van der Waals surface area contributed by atoms with Gasteiger partial charge in [-0.1, -0.05) is 90.2 Å². The molecule has 0 bridgehead atoms. The van der Waals surface area contributed by atoms with Crippen LogP contribution in [0, 0.1) is 0 Å². The highest BCUT2D eigenvalue weighted by Gasteiger charge is 2.41. The number of ether oxygens (including phenoxy) is 1.